The first-order valence-corrected chi connectivity index (χ1v) is 7.19. The first-order valence-electron chi connectivity index (χ1n) is 7.19. The van der Waals surface area contributed by atoms with E-state index in [-0.39, 0.29) is 0 Å². The third-order valence-electron chi connectivity index (χ3n) is 4.52. The van der Waals surface area contributed by atoms with Crippen molar-refractivity contribution < 1.29 is 0 Å². The van der Waals surface area contributed by atoms with Gasteiger partial charge in [-0.25, -0.2) is 0 Å². The quantitative estimate of drug-likeness (QED) is 0.495. The lowest BCUT2D eigenvalue weighted by Crippen LogP contribution is -2.12. The van der Waals surface area contributed by atoms with Crippen LogP contribution in [0.4, 0.5) is 0 Å². The lowest BCUT2D eigenvalue weighted by Gasteiger charge is -2.21. The Labute approximate surface area is 120 Å². The molecule has 0 aliphatic heterocycles. The van der Waals surface area contributed by atoms with Gasteiger partial charge in [0.1, 0.15) is 0 Å². The number of benzene rings is 3. The zero-order chi connectivity index (χ0) is 13.7. The van der Waals surface area contributed by atoms with Crippen LogP contribution < -0.4 is 0 Å². The molecule has 0 heteroatoms. The minimum Gasteiger partial charge on any atom is -0.0600 e. The molecule has 3 aromatic rings. The van der Waals surface area contributed by atoms with E-state index in [1.54, 1.807) is 0 Å². The van der Waals surface area contributed by atoms with Gasteiger partial charge in [0.15, 0.2) is 0 Å². The van der Waals surface area contributed by atoms with Crippen LogP contribution in [0, 0.1) is 12.8 Å². The fourth-order valence-corrected chi connectivity index (χ4v) is 3.56. The van der Waals surface area contributed by atoms with Crippen molar-refractivity contribution in [2.45, 2.75) is 20.3 Å². The molecule has 4 rings (SSSR count). The van der Waals surface area contributed by atoms with Gasteiger partial charge >= 0.3 is 0 Å². The molecular weight excluding hydrogens is 240 g/mol. The molecule has 0 amide bonds. The molecule has 1 aliphatic rings. The highest BCUT2D eigenvalue weighted by Gasteiger charge is 2.30. The second kappa shape index (κ2) is 4.14. The predicted molar refractivity (Wildman–Crippen MR) is 85.1 cm³/mol. The summed E-state index contributed by atoms with van der Waals surface area (Å²) >= 11 is 0. The van der Waals surface area contributed by atoms with Crippen LogP contribution in [0.15, 0.2) is 54.6 Å². The second-order valence-electron chi connectivity index (χ2n) is 5.73. The molecule has 0 spiro atoms. The van der Waals surface area contributed by atoms with E-state index in [1.807, 2.05) is 0 Å². The smallest absolute Gasteiger partial charge is 0.0600 e. The van der Waals surface area contributed by atoms with E-state index < -0.39 is 0 Å². The molecule has 0 radical (unpaired) electrons. The largest absolute Gasteiger partial charge is 0.0877 e. The maximum Gasteiger partial charge on any atom is 0.0877 e. The summed E-state index contributed by atoms with van der Waals surface area (Å²) in [5.74, 6) is 1.42. The van der Waals surface area contributed by atoms with E-state index in [9.17, 15) is 0 Å². The molecule has 0 N–H and O–H groups in total. The van der Waals surface area contributed by atoms with Gasteiger partial charge in [0, 0.05) is 28.5 Å². The van der Waals surface area contributed by atoms with Crippen LogP contribution in [-0.2, 0) is 6.42 Å². The Balaban J connectivity index is 2.07. The third kappa shape index (κ3) is 1.51. The summed E-state index contributed by atoms with van der Waals surface area (Å²) in [5, 5.41) is 2.78. The molecule has 0 nitrogen and oxygen atoms in total. The van der Waals surface area contributed by atoms with Crippen LogP contribution in [0.2, 0.25) is 0 Å². The Hall–Kier alpha value is -2.21. The summed E-state index contributed by atoms with van der Waals surface area (Å²) in [6.45, 7) is 4.49. The molecule has 20 heavy (non-hydrogen) atoms. The lowest BCUT2D eigenvalue weighted by molar-refractivity contribution is 1.03. The van der Waals surface area contributed by atoms with Gasteiger partial charge in [0.2, 0.25) is 0 Å². The van der Waals surface area contributed by atoms with Gasteiger partial charge < -0.3 is 0 Å². The fraction of sp³-hybridized carbons (Fsp3) is 0.150. The van der Waals surface area contributed by atoms with Crippen molar-refractivity contribution >= 4 is 10.8 Å². The highest BCUT2D eigenvalue weighted by molar-refractivity contribution is 5.93. The van der Waals surface area contributed by atoms with Crippen molar-refractivity contribution in [2.24, 2.45) is 0 Å². The van der Waals surface area contributed by atoms with Crippen LogP contribution in [0.1, 0.15) is 34.7 Å². The highest BCUT2D eigenvalue weighted by atomic mass is 14.3. The van der Waals surface area contributed by atoms with Crippen LogP contribution >= 0.6 is 0 Å². The Morgan fingerprint density at radius 2 is 1.70 bits per heavy atom. The maximum absolute atomic E-state index is 2.30. The zero-order valence-corrected chi connectivity index (χ0v) is 11.9. The van der Waals surface area contributed by atoms with Gasteiger partial charge in [-0.05, 0) is 55.8 Å². The molecule has 0 heterocycles. The van der Waals surface area contributed by atoms with Crippen molar-refractivity contribution in [3.8, 4) is 0 Å². The Morgan fingerprint density at radius 1 is 0.850 bits per heavy atom. The molecular formula is C20H17+. The zero-order valence-electron chi connectivity index (χ0n) is 11.9. The molecule has 0 bridgehead atoms. The average Bonchev–Trinajstić information content (AvgIpc) is 2.47. The first-order chi connectivity index (χ1) is 9.75. The topological polar surface area (TPSA) is 0 Å². The molecule has 0 saturated heterocycles. The summed E-state index contributed by atoms with van der Waals surface area (Å²) in [4.78, 5) is 0. The van der Waals surface area contributed by atoms with Crippen molar-refractivity contribution in [2.75, 3.05) is 0 Å². The van der Waals surface area contributed by atoms with Crippen molar-refractivity contribution in [1.82, 2.24) is 0 Å². The number of hydrogen-bond acceptors (Lipinski definition) is 0. The van der Waals surface area contributed by atoms with Crippen LogP contribution in [0.5, 0.6) is 0 Å². The Morgan fingerprint density at radius 3 is 2.60 bits per heavy atom. The fourth-order valence-electron chi connectivity index (χ4n) is 3.56. The van der Waals surface area contributed by atoms with Gasteiger partial charge in [-0.3, -0.25) is 0 Å². The van der Waals surface area contributed by atoms with Crippen molar-refractivity contribution in [3.05, 3.63) is 88.3 Å². The molecule has 96 valence electrons. The van der Waals surface area contributed by atoms with Crippen LogP contribution in [0.3, 0.4) is 0 Å². The maximum atomic E-state index is 2.30. The van der Waals surface area contributed by atoms with E-state index in [0.717, 1.165) is 6.42 Å². The molecule has 0 unspecified atom stereocenters. The van der Waals surface area contributed by atoms with E-state index in [0.29, 0.717) is 0 Å². The number of rotatable bonds is 0. The van der Waals surface area contributed by atoms with E-state index >= 15 is 0 Å². The minimum atomic E-state index is 1.05. The third-order valence-corrected chi connectivity index (χ3v) is 4.52. The average molecular weight is 257 g/mol. The molecule has 1 aliphatic carbocycles. The number of hydrogen-bond donors (Lipinski definition) is 0. The monoisotopic (exact) mass is 257 g/mol. The summed E-state index contributed by atoms with van der Waals surface area (Å²) in [5.41, 5.74) is 7.15. The van der Waals surface area contributed by atoms with Gasteiger partial charge in [0.05, 0.1) is 22.9 Å². The molecule has 0 fully saturated rings. The lowest BCUT2D eigenvalue weighted by atomic mass is 9.76. The predicted octanol–water partition coefficient (Wildman–Crippen LogP) is 5.04. The Kier molecular flexibility index (Phi) is 2.40. The van der Waals surface area contributed by atoms with Gasteiger partial charge in [-0.2, -0.15) is 0 Å². The molecule has 3 aromatic carbocycles. The van der Waals surface area contributed by atoms with E-state index in [4.69, 9.17) is 0 Å². The SMILES string of the molecule is Cc1cccc2ccc3c(c12)[C+](C)c1ccccc1C3. The van der Waals surface area contributed by atoms with Gasteiger partial charge in [-0.1, -0.05) is 12.1 Å². The normalized spacial score (nSPS) is 13.2. The molecule has 0 saturated carbocycles. The number of fused-ring (bicyclic) bond motifs is 4. The second-order valence-corrected chi connectivity index (χ2v) is 5.73. The first kappa shape index (κ1) is 11.6. The van der Waals surface area contributed by atoms with Crippen molar-refractivity contribution in [1.29, 1.82) is 0 Å². The van der Waals surface area contributed by atoms with Gasteiger partial charge in [-0.15, -0.1) is 0 Å². The summed E-state index contributed by atoms with van der Waals surface area (Å²) in [6, 6.07) is 19.9. The minimum absolute atomic E-state index is 1.05. The van der Waals surface area contributed by atoms with Crippen LogP contribution in [-0.4, -0.2) is 0 Å². The van der Waals surface area contributed by atoms with E-state index in [1.165, 1.54) is 44.5 Å². The van der Waals surface area contributed by atoms with E-state index in [2.05, 4.69) is 68.4 Å². The van der Waals surface area contributed by atoms with Gasteiger partial charge in [0.25, 0.3) is 0 Å². The summed E-state index contributed by atoms with van der Waals surface area (Å²) < 4.78 is 0. The summed E-state index contributed by atoms with van der Waals surface area (Å²) in [7, 11) is 0. The standard InChI is InChI=1S/C20H17/c1-13-6-5-8-15-10-11-17-12-16-7-3-4-9-18(16)14(2)20(17)19(13)15/h3-11H,12H2,1-2H3/q+1. The van der Waals surface area contributed by atoms with Crippen molar-refractivity contribution in [3.63, 3.8) is 0 Å². The highest BCUT2D eigenvalue weighted by Crippen LogP contribution is 2.40. The number of aryl methyl sites for hydroxylation is 1. The molecule has 0 atom stereocenters. The van der Waals surface area contributed by atoms with Crippen LogP contribution in [0.25, 0.3) is 10.8 Å². The Bertz CT molecular complexity index is 811. The summed E-state index contributed by atoms with van der Waals surface area (Å²) in [6.07, 6.45) is 1.05. The molecule has 0 aromatic heterocycles.